The van der Waals surface area contributed by atoms with Gasteiger partial charge in [-0.3, -0.25) is 4.40 Å². The molecule has 2 N–H and O–H groups in total. The van der Waals surface area contributed by atoms with Crippen LogP contribution in [0.25, 0.3) is 16.9 Å². The minimum Gasteiger partial charge on any atom is -0.508 e. The summed E-state index contributed by atoms with van der Waals surface area (Å²) in [6, 6.07) is 20.5. The number of hydrogen-bond donors (Lipinski definition) is 2. The van der Waals surface area contributed by atoms with Crippen LogP contribution < -0.4 is 0 Å². The van der Waals surface area contributed by atoms with Gasteiger partial charge in [0.25, 0.3) is 0 Å². The molecular weight excluding hydrogens is 378 g/mol. The van der Waals surface area contributed by atoms with Crippen molar-refractivity contribution in [2.45, 2.75) is 12.8 Å². The van der Waals surface area contributed by atoms with Gasteiger partial charge in [-0.1, -0.05) is 30.3 Å². The van der Waals surface area contributed by atoms with Crippen molar-refractivity contribution in [3.05, 3.63) is 102 Å². The van der Waals surface area contributed by atoms with Crippen LogP contribution in [-0.2, 0) is 12.8 Å². The molecule has 0 aliphatic carbocycles. The number of nitrogens with zero attached hydrogens (tertiary/aromatic N) is 3. The van der Waals surface area contributed by atoms with E-state index in [9.17, 15) is 10.2 Å². The highest BCUT2D eigenvalue weighted by Crippen LogP contribution is 2.28. The van der Waals surface area contributed by atoms with Gasteiger partial charge in [0.2, 0.25) is 5.88 Å². The fourth-order valence-electron chi connectivity index (χ4n) is 3.52. The Kier molecular flexibility index (Phi) is 4.44. The van der Waals surface area contributed by atoms with Crippen LogP contribution in [0, 0.1) is 0 Å². The fourth-order valence-corrected chi connectivity index (χ4v) is 3.52. The Morgan fingerprint density at radius 1 is 0.800 bits per heavy atom. The molecule has 3 heterocycles. The summed E-state index contributed by atoms with van der Waals surface area (Å²) in [6.45, 7) is 0. The normalized spacial score (nSPS) is 11.2. The summed E-state index contributed by atoms with van der Waals surface area (Å²) < 4.78 is 7.09. The maximum Gasteiger partial charge on any atom is 0.219 e. The van der Waals surface area contributed by atoms with Crippen LogP contribution in [0.15, 0.2) is 83.6 Å². The lowest BCUT2D eigenvalue weighted by atomic mass is 10.1. The van der Waals surface area contributed by atoms with Crippen molar-refractivity contribution in [3.8, 4) is 22.9 Å². The molecule has 6 nitrogen and oxygen atoms in total. The predicted octanol–water partition coefficient (Wildman–Crippen LogP) is 4.58. The van der Waals surface area contributed by atoms with Crippen LogP contribution in [0.1, 0.15) is 22.7 Å². The fraction of sp³-hybridized carbons (Fsp3) is 0.0833. The van der Waals surface area contributed by atoms with Crippen LogP contribution >= 0.6 is 0 Å². The topological polar surface area (TPSA) is 83.8 Å². The molecule has 0 radical (unpaired) electrons. The monoisotopic (exact) mass is 397 g/mol. The number of hydrogen-bond acceptors (Lipinski definition) is 5. The lowest BCUT2D eigenvalue weighted by Crippen LogP contribution is -2.00. The van der Waals surface area contributed by atoms with E-state index in [1.165, 1.54) is 0 Å². The van der Waals surface area contributed by atoms with Crippen LogP contribution in [0.5, 0.6) is 11.6 Å². The minimum atomic E-state index is 0.0677. The average Bonchev–Trinajstić information content (AvgIpc) is 3.38. The summed E-state index contributed by atoms with van der Waals surface area (Å²) in [5.41, 5.74) is 4.53. The molecule has 0 atom stereocenters. The second kappa shape index (κ2) is 7.40. The van der Waals surface area contributed by atoms with Gasteiger partial charge in [-0.15, -0.1) is 0 Å². The Morgan fingerprint density at radius 2 is 1.60 bits per heavy atom. The summed E-state index contributed by atoms with van der Waals surface area (Å²) in [5, 5.41) is 20.5. The highest BCUT2D eigenvalue weighted by Gasteiger charge is 2.18. The lowest BCUT2D eigenvalue weighted by molar-refractivity contribution is 0.438. The van der Waals surface area contributed by atoms with Crippen molar-refractivity contribution < 1.29 is 14.6 Å². The zero-order valence-corrected chi connectivity index (χ0v) is 16.1. The summed E-state index contributed by atoms with van der Waals surface area (Å²) in [7, 11) is 0. The van der Waals surface area contributed by atoms with E-state index in [1.54, 1.807) is 41.1 Å². The number of fused-ring (bicyclic) bond motifs is 1. The van der Waals surface area contributed by atoms with E-state index in [0.717, 1.165) is 22.6 Å². The van der Waals surface area contributed by atoms with Crippen molar-refractivity contribution in [2.75, 3.05) is 0 Å². The first-order chi connectivity index (χ1) is 14.7. The molecule has 0 unspecified atom stereocenters. The highest BCUT2D eigenvalue weighted by molar-refractivity contribution is 5.63. The van der Waals surface area contributed by atoms with Crippen molar-refractivity contribution >= 4 is 5.65 Å². The smallest absolute Gasteiger partial charge is 0.219 e. The molecule has 5 rings (SSSR count). The maximum absolute atomic E-state index is 10.9. The first kappa shape index (κ1) is 18.0. The second-order valence-corrected chi connectivity index (χ2v) is 7.11. The largest absolute Gasteiger partial charge is 0.508 e. The Hall–Kier alpha value is -4.06. The zero-order valence-electron chi connectivity index (χ0n) is 16.1. The van der Waals surface area contributed by atoms with Crippen LogP contribution in [0.2, 0.25) is 0 Å². The first-order valence-electron chi connectivity index (χ1n) is 9.63. The maximum atomic E-state index is 10.9. The Bertz CT molecular complexity index is 1290. The number of furan rings is 1. The van der Waals surface area contributed by atoms with E-state index >= 15 is 0 Å². The molecule has 148 valence electrons. The van der Waals surface area contributed by atoms with Crippen LogP contribution in [-0.4, -0.2) is 24.6 Å². The SMILES string of the molecule is Oc1ccc(-c2cn3c(O)c(Cc4ccco4)nc3c(Cc3ccccc3)n2)cc1. The Balaban J connectivity index is 1.66. The van der Waals surface area contributed by atoms with Gasteiger partial charge in [-0.2, -0.15) is 0 Å². The van der Waals surface area contributed by atoms with Gasteiger partial charge < -0.3 is 14.6 Å². The van der Waals surface area contributed by atoms with Crippen LogP contribution in [0.4, 0.5) is 0 Å². The van der Waals surface area contributed by atoms with Crippen molar-refractivity contribution in [1.82, 2.24) is 14.4 Å². The predicted molar refractivity (Wildman–Crippen MR) is 113 cm³/mol. The summed E-state index contributed by atoms with van der Waals surface area (Å²) in [5.74, 6) is 0.985. The second-order valence-electron chi connectivity index (χ2n) is 7.11. The summed E-state index contributed by atoms with van der Waals surface area (Å²) >= 11 is 0. The average molecular weight is 397 g/mol. The highest BCUT2D eigenvalue weighted by atomic mass is 16.3. The summed E-state index contributed by atoms with van der Waals surface area (Å²) in [6.07, 6.45) is 4.34. The van der Waals surface area contributed by atoms with E-state index in [4.69, 9.17) is 9.40 Å². The van der Waals surface area contributed by atoms with Gasteiger partial charge in [0.15, 0.2) is 5.65 Å². The number of imidazole rings is 1. The van der Waals surface area contributed by atoms with E-state index in [1.807, 2.05) is 42.5 Å². The molecule has 0 spiro atoms. The molecule has 0 saturated carbocycles. The molecule has 0 saturated heterocycles. The van der Waals surface area contributed by atoms with E-state index in [-0.39, 0.29) is 11.6 Å². The molecule has 5 aromatic rings. The van der Waals surface area contributed by atoms with Gasteiger partial charge in [-0.05, 0) is 42.0 Å². The Morgan fingerprint density at radius 3 is 2.33 bits per heavy atom. The van der Waals surface area contributed by atoms with Gasteiger partial charge in [-0.25, -0.2) is 9.97 Å². The molecule has 6 heteroatoms. The third-order valence-corrected chi connectivity index (χ3v) is 5.02. The molecule has 0 aliphatic rings. The van der Waals surface area contributed by atoms with Gasteiger partial charge in [0, 0.05) is 18.2 Å². The van der Waals surface area contributed by atoms with E-state index in [0.29, 0.717) is 29.9 Å². The van der Waals surface area contributed by atoms with Crippen molar-refractivity contribution in [2.24, 2.45) is 0 Å². The van der Waals surface area contributed by atoms with Gasteiger partial charge in [0.1, 0.15) is 17.2 Å². The van der Waals surface area contributed by atoms with E-state index in [2.05, 4.69) is 4.98 Å². The molecule has 0 aliphatic heterocycles. The molecule has 0 amide bonds. The number of phenolic OH excluding ortho intramolecular Hbond substituents is 1. The first-order valence-corrected chi connectivity index (χ1v) is 9.63. The molecule has 0 fully saturated rings. The van der Waals surface area contributed by atoms with E-state index < -0.39 is 0 Å². The number of benzene rings is 2. The third kappa shape index (κ3) is 3.39. The molecule has 2 aromatic carbocycles. The minimum absolute atomic E-state index is 0.0677. The summed E-state index contributed by atoms with van der Waals surface area (Å²) in [4.78, 5) is 9.53. The van der Waals surface area contributed by atoms with Gasteiger partial charge >= 0.3 is 0 Å². The molecular formula is C24H19N3O3. The van der Waals surface area contributed by atoms with Crippen molar-refractivity contribution in [1.29, 1.82) is 0 Å². The van der Waals surface area contributed by atoms with Crippen molar-refractivity contribution in [3.63, 3.8) is 0 Å². The third-order valence-electron chi connectivity index (χ3n) is 5.02. The number of aromatic nitrogens is 3. The molecule has 0 bridgehead atoms. The quantitative estimate of drug-likeness (QED) is 0.453. The number of rotatable bonds is 5. The zero-order chi connectivity index (χ0) is 20.5. The number of phenols is 1. The molecule has 30 heavy (non-hydrogen) atoms. The standard InChI is InChI=1S/C24H19N3O3/c28-18-10-8-17(9-11-18)22-15-27-23(20(25-22)13-16-5-2-1-3-6-16)26-21(24(27)29)14-19-7-4-12-30-19/h1-12,15,28-29H,13-14H2. The van der Waals surface area contributed by atoms with Crippen LogP contribution in [0.3, 0.4) is 0 Å². The number of aromatic hydroxyl groups is 2. The lowest BCUT2D eigenvalue weighted by Gasteiger charge is -2.08. The molecule has 3 aromatic heterocycles. The van der Waals surface area contributed by atoms with Gasteiger partial charge in [0.05, 0.1) is 24.1 Å². The Labute approximate surface area is 172 Å².